The Bertz CT molecular complexity index is 777. The van der Waals surface area contributed by atoms with Crippen molar-refractivity contribution in [1.29, 1.82) is 0 Å². The van der Waals surface area contributed by atoms with Gasteiger partial charge in [-0.1, -0.05) is 38.1 Å². The van der Waals surface area contributed by atoms with Gasteiger partial charge in [-0.25, -0.2) is 14.6 Å². The largest absolute Gasteiger partial charge is 0.447 e. The molecule has 0 atom stereocenters. The molecule has 5 heteroatoms. The third-order valence-corrected chi connectivity index (χ3v) is 4.28. The van der Waals surface area contributed by atoms with Gasteiger partial charge in [-0.3, -0.25) is 0 Å². The van der Waals surface area contributed by atoms with E-state index in [-0.39, 0.29) is 5.92 Å². The van der Waals surface area contributed by atoms with Gasteiger partial charge >= 0.3 is 0 Å². The van der Waals surface area contributed by atoms with E-state index in [2.05, 4.69) is 53.2 Å². The van der Waals surface area contributed by atoms with E-state index in [0.717, 1.165) is 30.1 Å². The van der Waals surface area contributed by atoms with E-state index in [0.29, 0.717) is 6.04 Å². The molecule has 0 N–H and O–H groups in total. The number of oxazole rings is 1. The van der Waals surface area contributed by atoms with Crippen LogP contribution in [0.4, 0.5) is 0 Å². The van der Waals surface area contributed by atoms with Crippen LogP contribution in [0, 0.1) is 0 Å². The lowest BCUT2D eigenvalue weighted by atomic mass is 10.1. The summed E-state index contributed by atoms with van der Waals surface area (Å²) < 4.78 is 7.54. The number of rotatable bonds is 3. The van der Waals surface area contributed by atoms with Crippen molar-refractivity contribution < 1.29 is 4.42 Å². The number of hydrogen-bond acceptors (Lipinski definition) is 4. The van der Waals surface area contributed by atoms with Crippen LogP contribution in [0.3, 0.4) is 0 Å². The first-order valence-electron chi connectivity index (χ1n) is 7.64. The van der Waals surface area contributed by atoms with E-state index in [1.54, 1.807) is 6.33 Å². The lowest BCUT2D eigenvalue weighted by Gasteiger charge is -2.12. The van der Waals surface area contributed by atoms with Gasteiger partial charge in [-0.15, -0.1) is 0 Å². The van der Waals surface area contributed by atoms with Gasteiger partial charge in [-0.05, 0) is 24.0 Å². The maximum Gasteiger partial charge on any atom is 0.181 e. The summed E-state index contributed by atoms with van der Waals surface area (Å²) in [6.45, 7) is 4.19. The van der Waals surface area contributed by atoms with E-state index in [4.69, 9.17) is 4.42 Å². The molecule has 22 heavy (non-hydrogen) atoms. The zero-order chi connectivity index (χ0) is 15.1. The van der Waals surface area contributed by atoms with E-state index >= 15 is 0 Å². The molecule has 0 fully saturated rings. The Morgan fingerprint density at radius 2 is 1.86 bits per heavy atom. The van der Waals surface area contributed by atoms with Gasteiger partial charge < -0.3 is 4.42 Å². The summed E-state index contributed by atoms with van der Waals surface area (Å²) in [6.07, 6.45) is 5.08. The summed E-state index contributed by atoms with van der Waals surface area (Å²) in [4.78, 5) is 8.81. The van der Waals surface area contributed by atoms with Gasteiger partial charge in [-0.2, -0.15) is 5.10 Å². The predicted octanol–water partition coefficient (Wildman–Crippen LogP) is 3.40. The number of benzene rings is 1. The molecule has 0 saturated carbocycles. The van der Waals surface area contributed by atoms with Crippen molar-refractivity contribution in [3.63, 3.8) is 0 Å². The molecule has 0 radical (unpaired) electrons. The van der Waals surface area contributed by atoms with Crippen molar-refractivity contribution in [2.24, 2.45) is 0 Å². The highest BCUT2D eigenvalue weighted by atomic mass is 16.3. The minimum absolute atomic E-state index is 0.267. The fourth-order valence-corrected chi connectivity index (χ4v) is 3.23. The fourth-order valence-electron chi connectivity index (χ4n) is 3.23. The van der Waals surface area contributed by atoms with E-state index in [1.165, 1.54) is 17.5 Å². The summed E-state index contributed by atoms with van der Waals surface area (Å²) in [5.74, 6) is 1.93. The van der Waals surface area contributed by atoms with Crippen LogP contribution in [-0.2, 0) is 12.8 Å². The highest BCUT2D eigenvalue weighted by molar-refractivity contribution is 5.53. The highest BCUT2D eigenvalue weighted by Crippen LogP contribution is 2.33. The zero-order valence-corrected chi connectivity index (χ0v) is 12.7. The fraction of sp³-hybridized carbons (Fsp3) is 0.353. The normalized spacial score (nSPS) is 14.7. The molecule has 0 saturated heterocycles. The Balaban J connectivity index is 1.72. The second-order valence-corrected chi connectivity index (χ2v) is 6.08. The van der Waals surface area contributed by atoms with Crippen molar-refractivity contribution in [2.45, 2.75) is 38.6 Å². The topological polar surface area (TPSA) is 56.7 Å². The molecule has 1 aliphatic rings. The first-order valence-corrected chi connectivity index (χ1v) is 7.64. The minimum atomic E-state index is 0.267. The van der Waals surface area contributed by atoms with Crippen LogP contribution >= 0.6 is 0 Å². The van der Waals surface area contributed by atoms with Crippen LogP contribution in [0.5, 0.6) is 0 Å². The van der Waals surface area contributed by atoms with Crippen LogP contribution in [0.15, 0.2) is 41.4 Å². The van der Waals surface area contributed by atoms with Crippen LogP contribution in [-0.4, -0.2) is 19.7 Å². The Morgan fingerprint density at radius 3 is 2.55 bits per heavy atom. The molecule has 0 spiro atoms. The van der Waals surface area contributed by atoms with E-state index < -0.39 is 0 Å². The molecule has 3 aromatic rings. The standard InChI is InChI=1S/C17H18N4O/c1-11(2)16-15(19-10-22-16)17-18-9-20-21(17)14-7-12-5-3-4-6-13(12)8-14/h3-6,9-11,14H,7-8H2,1-2H3. The van der Waals surface area contributed by atoms with Gasteiger partial charge in [0.2, 0.25) is 0 Å². The number of fused-ring (bicyclic) bond motifs is 1. The number of aromatic nitrogens is 4. The van der Waals surface area contributed by atoms with Gasteiger partial charge in [0.05, 0.1) is 6.04 Å². The number of nitrogens with zero attached hydrogens (tertiary/aromatic N) is 4. The van der Waals surface area contributed by atoms with Crippen molar-refractivity contribution in [3.8, 4) is 11.5 Å². The van der Waals surface area contributed by atoms with Crippen molar-refractivity contribution in [3.05, 3.63) is 53.9 Å². The second-order valence-electron chi connectivity index (χ2n) is 6.08. The van der Waals surface area contributed by atoms with Crippen LogP contribution < -0.4 is 0 Å². The second kappa shape index (κ2) is 5.09. The molecule has 5 nitrogen and oxygen atoms in total. The maximum absolute atomic E-state index is 5.54. The third-order valence-electron chi connectivity index (χ3n) is 4.28. The molecular formula is C17H18N4O. The van der Waals surface area contributed by atoms with Gasteiger partial charge in [0.1, 0.15) is 17.8 Å². The van der Waals surface area contributed by atoms with Crippen molar-refractivity contribution in [2.75, 3.05) is 0 Å². The first-order chi connectivity index (χ1) is 10.7. The predicted molar refractivity (Wildman–Crippen MR) is 82.5 cm³/mol. The van der Waals surface area contributed by atoms with E-state index in [1.807, 2.05) is 4.68 Å². The summed E-state index contributed by atoms with van der Waals surface area (Å²) in [7, 11) is 0. The Morgan fingerprint density at radius 1 is 1.14 bits per heavy atom. The molecule has 112 valence electrons. The Labute approximate surface area is 129 Å². The molecule has 2 aromatic heterocycles. The minimum Gasteiger partial charge on any atom is -0.447 e. The average molecular weight is 294 g/mol. The molecule has 0 bridgehead atoms. The Kier molecular flexibility index (Phi) is 3.06. The average Bonchev–Trinajstić information content (AvgIpc) is 3.24. The molecule has 2 heterocycles. The molecule has 4 rings (SSSR count). The summed E-state index contributed by atoms with van der Waals surface area (Å²) in [5.41, 5.74) is 3.61. The van der Waals surface area contributed by atoms with E-state index in [9.17, 15) is 0 Å². The smallest absolute Gasteiger partial charge is 0.181 e. The zero-order valence-electron chi connectivity index (χ0n) is 12.7. The van der Waals surface area contributed by atoms with Crippen molar-refractivity contribution >= 4 is 0 Å². The lowest BCUT2D eigenvalue weighted by Crippen LogP contribution is -2.13. The van der Waals surface area contributed by atoms with Crippen LogP contribution in [0.2, 0.25) is 0 Å². The highest BCUT2D eigenvalue weighted by Gasteiger charge is 2.27. The molecular weight excluding hydrogens is 276 g/mol. The molecule has 0 amide bonds. The maximum atomic E-state index is 5.54. The molecule has 1 aliphatic carbocycles. The third kappa shape index (κ3) is 2.04. The van der Waals surface area contributed by atoms with Crippen LogP contribution in [0.1, 0.15) is 42.7 Å². The molecule has 1 aromatic carbocycles. The summed E-state index contributed by atoms with van der Waals surface area (Å²) in [6, 6.07) is 8.88. The van der Waals surface area contributed by atoms with Gasteiger partial charge in [0.25, 0.3) is 0 Å². The van der Waals surface area contributed by atoms with Gasteiger partial charge in [0.15, 0.2) is 12.2 Å². The number of hydrogen-bond donors (Lipinski definition) is 0. The molecule has 0 aliphatic heterocycles. The first kappa shape index (κ1) is 13.2. The summed E-state index contributed by atoms with van der Waals surface area (Å²) in [5, 5.41) is 4.46. The summed E-state index contributed by atoms with van der Waals surface area (Å²) >= 11 is 0. The Hall–Kier alpha value is -2.43. The van der Waals surface area contributed by atoms with Crippen LogP contribution in [0.25, 0.3) is 11.5 Å². The van der Waals surface area contributed by atoms with Crippen molar-refractivity contribution in [1.82, 2.24) is 19.7 Å². The lowest BCUT2D eigenvalue weighted by molar-refractivity contribution is 0.472. The SMILES string of the molecule is CC(C)c1ocnc1-c1ncnn1C1Cc2ccccc2C1. The monoisotopic (exact) mass is 294 g/mol. The quantitative estimate of drug-likeness (QED) is 0.743. The molecule has 0 unspecified atom stereocenters. The van der Waals surface area contributed by atoms with Gasteiger partial charge in [0, 0.05) is 5.92 Å².